The van der Waals surface area contributed by atoms with Gasteiger partial charge in [0.2, 0.25) is 0 Å². The van der Waals surface area contributed by atoms with E-state index < -0.39 is 6.10 Å². The number of benzene rings is 2. The first-order valence-electron chi connectivity index (χ1n) is 8.32. The number of hydrogen-bond donors (Lipinski definition) is 1. The van der Waals surface area contributed by atoms with Gasteiger partial charge in [0, 0.05) is 0 Å². The lowest BCUT2D eigenvalue weighted by atomic mass is 10.1. The van der Waals surface area contributed by atoms with Crippen molar-refractivity contribution in [3.05, 3.63) is 59.7 Å². The third kappa shape index (κ3) is 5.30. The summed E-state index contributed by atoms with van der Waals surface area (Å²) in [5.74, 6) is 1.43. The van der Waals surface area contributed by atoms with Crippen LogP contribution in [0, 0.1) is 6.92 Å². The molecule has 0 bridgehead atoms. The van der Waals surface area contributed by atoms with Crippen LogP contribution in [0.25, 0.3) is 0 Å². The van der Waals surface area contributed by atoms with E-state index in [0.29, 0.717) is 13.2 Å². The average molecular weight is 327 g/mol. The molecule has 0 saturated heterocycles. The molecule has 0 aliphatic rings. The minimum atomic E-state index is -0.545. The highest BCUT2D eigenvalue weighted by atomic mass is 16.5. The first-order chi connectivity index (χ1) is 11.6. The number of nitrogens with one attached hydrogen (secondary N) is 1. The lowest BCUT2D eigenvalue weighted by Crippen LogP contribution is -2.38. The molecule has 2 rings (SSSR count). The van der Waals surface area contributed by atoms with E-state index in [1.807, 2.05) is 55.5 Å². The highest BCUT2D eigenvalue weighted by molar-refractivity contribution is 5.80. The molecule has 2 aromatic rings. The van der Waals surface area contributed by atoms with Gasteiger partial charge in [-0.15, -0.1) is 0 Å². The largest absolute Gasteiger partial charge is 0.492 e. The van der Waals surface area contributed by atoms with Crippen LogP contribution in [0.1, 0.15) is 25.0 Å². The first-order valence-corrected chi connectivity index (χ1v) is 8.32. The van der Waals surface area contributed by atoms with Crippen LogP contribution in [0.2, 0.25) is 0 Å². The van der Waals surface area contributed by atoms with Crippen molar-refractivity contribution in [3.8, 4) is 11.5 Å². The molecule has 4 nitrogen and oxygen atoms in total. The van der Waals surface area contributed by atoms with Gasteiger partial charge < -0.3 is 14.8 Å². The Morgan fingerprint density at radius 3 is 2.71 bits per heavy atom. The van der Waals surface area contributed by atoms with Crippen LogP contribution < -0.4 is 14.8 Å². The second-order valence-electron chi connectivity index (χ2n) is 5.68. The SMILES string of the molecule is CCc1ccccc1OC(C)C(=O)NCCOc1cccc(C)c1. The topological polar surface area (TPSA) is 47.6 Å². The number of para-hydroxylation sites is 1. The van der Waals surface area contributed by atoms with Gasteiger partial charge in [0.1, 0.15) is 18.1 Å². The van der Waals surface area contributed by atoms with Crippen LogP contribution in [0.15, 0.2) is 48.5 Å². The zero-order chi connectivity index (χ0) is 17.4. The number of hydrogen-bond acceptors (Lipinski definition) is 3. The molecule has 1 unspecified atom stereocenters. The van der Waals surface area contributed by atoms with Crippen molar-refractivity contribution in [2.75, 3.05) is 13.2 Å². The predicted molar refractivity (Wildman–Crippen MR) is 95.6 cm³/mol. The zero-order valence-electron chi connectivity index (χ0n) is 14.5. The van der Waals surface area contributed by atoms with E-state index in [2.05, 4.69) is 12.2 Å². The molecule has 1 N–H and O–H groups in total. The number of rotatable bonds is 8. The predicted octanol–water partition coefficient (Wildman–Crippen LogP) is 3.52. The van der Waals surface area contributed by atoms with Gasteiger partial charge in [0.15, 0.2) is 6.10 Å². The Hall–Kier alpha value is -2.49. The zero-order valence-corrected chi connectivity index (χ0v) is 14.5. The van der Waals surface area contributed by atoms with Gasteiger partial charge in [-0.1, -0.05) is 37.3 Å². The number of amides is 1. The molecule has 0 radical (unpaired) electrons. The van der Waals surface area contributed by atoms with Crippen molar-refractivity contribution in [2.24, 2.45) is 0 Å². The molecule has 0 saturated carbocycles. The monoisotopic (exact) mass is 327 g/mol. The van der Waals surface area contributed by atoms with Crippen molar-refractivity contribution in [2.45, 2.75) is 33.3 Å². The Balaban J connectivity index is 1.75. The van der Waals surface area contributed by atoms with Gasteiger partial charge in [-0.05, 0) is 49.6 Å². The molecule has 128 valence electrons. The van der Waals surface area contributed by atoms with E-state index in [1.165, 1.54) is 0 Å². The van der Waals surface area contributed by atoms with E-state index >= 15 is 0 Å². The van der Waals surface area contributed by atoms with Crippen LogP contribution in [0.5, 0.6) is 11.5 Å². The number of carbonyl (C=O) groups is 1. The van der Waals surface area contributed by atoms with Crippen LogP contribution in [0.3, 0.4) is 0 Å². The van der Waals surface area contributed by atoms with Crippen molar-refractivity contribution in [1.82, 2.24) is 5.32 Å². The van der Waals surface area contributed by atoms with Crippen molar-refractivity contribution in [1.29, 1.82) is 0 Å². The normalized spacial score (nSPS) is 11.6. The van der Waals surface area contributed by atoms with Crippen molar-refractivity contribution < 1.29 is 14.3 Å². The third-order valence-corrected chi connectivity index (χ3v) is 3.69. The lowest BCUT2D eigenvalue weighted by Gasteiger charge is -2.17. The molecule has 0 aromatic heterocycles. The minimum absolute atomic E-state index is 0.145. The van der Waals surface area contributed by atoms with Gasteiger partial charge in [-0.3, -0.25) is 4.79 Å². The lowest BCUT2D eigenvalue weighted by molar-refractivity contribution is -0.127. The Morgan fingerprint density at radius 1 is 1.17 bits per heavy atom. The maximum atomic E-state index is 12.1. The minimum Gasteiger partial charge on any atom is -0.492 e. The Kier molecular flexibility index (Phi) is 6.67. The molecule has 24 heavy (non-hydrogen) atoms. The Bertz CT molecular complexity index is 669. The molecule has 1 amide bonds. The molecular weight excluding hydrogens is 302 g/mol. The second kappa shape index (κ2) is 8.96. The summed E-state index contributed by atoms with van der Waals surface area (Å²) in [5.41, 5.74) is 2.24. The van der Waals surface area contributed by atoms with Gasteiger partial charge in [-0.25, -0.2) is 0 Å². The van der Waals surface area contributed by atoms with E-state index in [1.54, 1.807) is 6.92 Å². The fourth-order valence-electron chi connectivity index (χ4n) is 2.35. The van der Waals surface area contributed by atoms with Crippen LogP contribution in [-0.2, 0) is 11.2 Å². The molecule has 1 atom stereocenters. The van der Waals surface area contributed by atoms with Crippen LogP contribution in [-0.4, -0.2) is 25.2 Å². The summed E-state index contributed by atoms with van der Waals surface area (Å²) in [6, 6.07) is 15.6. The molecule has 4 heteroatoms. The number of carbonyl (C=O) groups excluding carboxylic acids is 1. The van der Waals surface area contributed by atoms with E-state index in [9.17, 15) is 4.79 Å². The van der Waals surface area contributed by atoms with E-state index in [-0.39, 0.29) is 5.91 Å². The van der Waals surface area contributed by atoms with E-state index in [4.69, 9.17) is 9.47 Å². The summed E-state index contributed by atoms with van der Waals surface area (Å²) in [6.07, 6.45) is 0.325. The van der Waals surface area contributed by atoms with Crippen molar-refractivity contribution >= 4 is 5.91 Å². The maximum Gasteiger partial charge on any atom is 0.260 e. The third-order valence-electron chi connectivity index (χ3n) is 3.69. The number of aryl methyl sites for hydroxylation is 2. The Morgan fingerprint density at radius 2 is 1.96 bits per heavy atom. The number of ether oxygens (including phenoxy) is 2. The molecule has 2 aromatic carbocycles. The summed E-state index contributed by atoms with van der Waals surface area (Å²) in [4.78, 5) is 12.1. The smallest absolute Gasteiger partial charge is 0.260 e. The molecule has 0 aliphatic carbocycles. The second-order valence-corrected chi connectivity index (χ2v) is 5.68. The van der Waals surface area contributed by atoms with Gasteiger partial charge >= 0.3 is 0 Å². The van der Waals surface area contributed by atoms with Gasteiger partial charge in [0.05, 0.1) is 6.54 Å². The highest BCUT2D eigenvalue weighted by Gasteiger charge is 2.15. The standard InChI is InChI=1S/C20H25NO3/c1-4-17-9-5-6-11-19(17)24-16(3)20(22)21-12-13-23-18-10-7-8-15(2)14-18/h5-11,14,16H,4,12-13H2,1-3H3,(H,21,22). The van der Waals surface area contributed by atoms with Crippen LogP contribution >= 0.6 is 0 Å². The molecular formula is C20H25NO3. The van der Waals surface area contributed by atoms with Crippen molar-refractivity contribution in [3.63, 3.8) is 0 Å². The quantitative estimate of drug-likeness (QED) is 0.755. The van der Waals surface area contributed by atoms with Crippen LogP contribution in [0.4, 0.5) is 0 Å². The summed E-state index contributed by atoms with van der Waals surface area (Å²) in [7, 11) is 0. The Labute approximate surface area is 143 Å². The summed E-state index contributed by atoms with van der Waals surface area (Å²) in [6.45, 7) is 6.70. The first kappa shape index (κ1) is 17.9. The molecule has 0 spiro atoms. The maximum absolute atomic E-state index is 12.1. The molecule has 0 aliphatic heterocycles. The fourth-order valence-corrected chi connectivity index (χ4v) is 2.35. The average Bonchev–Trinajstić information content (AvgIpc) is 2.59. The summed E-state index contributed by atoms with van der Waals surface area (Å²) in [5, 5.41) is 2.84. The summed E-state index contributed by atoms with van der Waals surface area (Å²) >= 11 is 0. The van der Waals surface area contributed by atoms with E-state index in [0.717, 1.165) is 29.0 Å². The van der Waals surface area contributed by atoms with Gasteiger partial charge in [-0.2, -0.15) is 0 Å². The highest BCUT2D eigenvalue weighted by Crippen LogP contribution is 2.19. The molecule has 0 heterocycles. The van der Waals surface area contributed by atoms with Gasteiger partial charge in [0.25, 0.3) is 5.91 Å². The molecule has 0 fully saturated rings. The fraction of sp³-hybridized carbons (Fsp3) is 0.350. The summed E-state index contributed by atoms with van der Waals surface area (Å²) < 4.78 is 11.4.